The van der Waals surface area contributed by atoms with Crippen LogP contribution in [0.2, 0.25) is 0 Å². The van der Waals surface area contributed by atoms with E-state index in [4.69, 9.17) is 6.42 Å². The molecule has 1 saturated heterocycles. The lowest BCUT2D eigenvalue weighted by Crippen LogP contribution is -2.30. The molecule has 1 aliphatic rings. The van der Waals surface area contributed by atoms with E-state index in [1.165, 1.54) is 11.3 Å². The van der Waals surface area contributed by atoms with Crippen molar-refractivity contribution in [1.82, 2.24) is 9.88 Å². The lowest BCUT2D eigenvalue weighted by atomic mass is 10.0. The molecular formula is C17H16N2OS. The number of benzene rings is 1. The van der Waals surface area contributed by atoms with Gasteiger partial charge in [0.25, 0.3) is 5.91 Å². The maximum absolute atomic E-state index is 12.7. The molecule has 4 heteroatoms. The van der Waals surface area contributed by atoms with Crippen LogP contribution < -0.4 is 0 Å². The molecule has 0 spiro atoms. The Bertz CT molecular complexity index is 696. The maximum atomic E-state index is 12.7. The Morgan fingerprint density at radius 3 is 2.81 bits per heavy atom. The molecule has 2 aromatic rings. The second kappa shape index (κ2) is 5.71. The van der Waals surface area contributed by atoms with Crippen molar-refractivity contribution in [2.24, 2.45) is 0 Å². The van der Waals surface area contributed by atoms with Gasteiger partial charge in [-0.25, -0.2) is 4.98 Å². The molecule has 1 aromatic heterocycles. The van der Waals surface area contributed by atoms with Gasteiger partial charge in [-0.05, 0) is 37.5 Å². The maximum Gasteiger partial charge on any atom is 0.266 e. The van der Waals surface area contributed by atoms with Gasteiger partial charge in [0.2, 0.25) is 0 Å². The molecule has 1 fully saturated rings. The van der Waals surface area contributed by atoms with Gasteiger partial charge in [-0.2, -0.15) is 0 Å². The molecule has 1 amide bonds. The Morgan fingerprint density at radius 2 is 2.19 bits per heavy atom. The standard InChI is InChI=1S/C17H16N2OS/c1-3-13-6-8-14(9-7-13)15-5-4-10-19(15)17(20)16-12(2)18-11-21-16/h1,6-9,11,15H,4-5,10H2,2H3. The van der Waals surface area contributed by atoms with Crippen molar-refractivity contribution >= 4 is 17.2 Å². The number of amides is 1. The van der Waals surface area contributed by atoms with E-state index in [0.717, 1.165) is 41.1 Å². The number of nitrogens with zero attached hydrogens (tertiary/aromatic N) is 2. The highest BCUT2D eigenvalue weighted by atomic mass is 32.1. The Labute approximate surface area is 128 Å². The average molecular weight is 296 g/mol. The fraction of sp³-hybridized carbons (Fsp3) is 0.294. The van der Waals surface area contributed by atoms with E-state index in [2.05, 4.69) is 10.9 Å². The van der Waals surface area contributed by atoms with Gasteiger partial charge in [0.15, 0.2) is 0 Å². The molecule has 0 radical (unpaired) electrons. The van der Waals surface area contributed by atoms with Crippen LogP contribution >= 0.6 is 11.3 Å². The quantitative estimate of drug-likeness (QED) is 0.796. The molecule has 3 rings (SSSR count). The Kier molecular flexibility index (Phi) is 3.76. The molecule has 0 N–H and O–H groups in total. The van der Waals surface area contributed by atoms with Crippen molar-refractivity contribution in [2.45, 2.75) is 25.8 Å². The highest BCUT2D eigenvalue weighted by Crippen LogP contribution is 2.34. The van der Waals surface area contributed by atoms with Crippen LogP contribution in [0.3, 0.4) is 0 Å². The lowest BCUT2D eigenvalue weighted by Gasteiger charge is -2.24. The van der Waals surface area contributed by atoms with Crippen LogP contribution in [0.5, 0.6) is 0 Å². The van der Waals surface area contributed by atoms with E-state index in [0.29, 0.717) is 0 Å². The second-order valence-electron chi connectivity index (χ2n) is 5.19. The van der Waals surface area contributed by atoms with Crippen molar-refractivity contribution in [3.8, 4) is 12.3 Å². The number of carbonyl (C=O) groups excluding carboxylic acids is 1. The molecule has 0 aliphatic carbocycles. The summed E-state index contributed by atoms with van der Waals surface area (Å²) in [4.78, 5) is 19.6. The van der Waals surface area contributed by atoms with Crippen molar-refractivity contribution in [3.05, 3.63) is 51.5 Å². The van der Waals surface area contributed by atoms with Crippen molar-refractivity contribution in [3.63, 3.8) is 0 Å². The van der Waals surface area contributed by atoms with Crippen molar-refractivity contribution in [1.29, 1.82) is 0 Å². The number of terminal acetylenes is 1. The van der Waals surface area contributed by atoms with Crippen LogP contribution in [0.1, 0.15) is 45.4 Å². The van der Waals surface area contributed by atoms with Crippen molar-refractivity contribution < 1.29 is 4.79 Å². The van der Waals surface area contributed by atoms with Crippen LogP contribution in [0.25, 0.3) is 0 Å². The van der Waals surface area contributed by atoms with Crippen LogP contribution in [-0.2, 0) is 0 Å². The molecular weight excluding hydrogens is 280 g/mol. The predicted molar refractivity (Wildman–Crippen MR) is 84.2 cm³/mol. The van der Waals surface area contributed by atoms with Crippen LogP contribution in [0.4, 0.5) is 0 Å². The number of carbonyl (C=O) groups is 1. The average Bonchev–Trinajstić information content (AvgIpc) is 3.15. The van der Waals surface area contributed by atoms with E-state index in [1.54, 1.807) is 5.51 Å². The van der Waals surface area contributed by atoms with Crippen LogP contribution in [-0.4, -0.2) is 22.3 Å². The fourth-order valence-electron chi connectivity index (χ4n) is 2.80. The first-order valence-corrected chi connectivity index (χ1v) is 7.86. The van der Waals surface area contributed by atoms with Gasteiger partial charge >= 0.3 is 0 Å². The zero-order chi connectivity index (χ0) is 14.8. The fourth-order valence-corrected chi connectivity index (χ4v) is 3.55. The minimum Gasteiger partial charge on any atom is -0.331 e. The summed E-state index contributed by atoms with van der Waals surface area (Å²) >= 11 is 1.42. The Hall–Kier alpha value is -2.12. The monoisotopic (exact) mass is 296 g/mol. The minimum atomic E-state index is 0.0959. The minimum absolute atomic E-state index is 0.0959. The van der Waals surface area contributed by atoms with E-state index >= 15 is 0 Å². The summed E-state index contributed by atoms with van der Waals surface area (Å²) in [6.45, 7) is 2.69. The second-order valence-corrected chi connectivity index (χ2v) is 6.04. The van der Waals surface area contributed by atoms with Gasteiger partial charge in [0.05, 0.1) is 17.2 Å². The number of hydrogen-bond acceptors (Lipinski definition) is 3. The summed E-state index contributed by atoms with van der Waals surface area (Å²) < 4.78 is 0. The third-order valence-corrected chi connectivity index (χ3v) is 4.83. The third kappa shape index (κ3) is 2.57. The van der Waals surface area contributed by atoms with E-state index in [9.17, 15) is 4.79 Å². The molecule has 1 unspecified atom stereocenters. The topological polar surface area (TPSA) is 33.2 Å². The molecule has 1 aliphatic heterocycles. The smallest absolute Gasteiger partial charge is 0.266 e. The zero-order valence-electron chi connectivity index (χ0n) is 11.9. The highest BCUT2D eigenvalue weighted by Gasteiger charge is 2.31. The first kappa shape index (κ1) is 13.8. The van der Waals surface area contributed by atoms with Crippen LogP contribution in [0, 0.1) is 19.3 Å². The van der Waals surface area contributed by atoms with E-state index in [-0.39, 0.29) is 11.9 Å². The lowest BCUT2D eigenvalue weighted by molar-refractivity contribution is 0.0739. The van der Waals surface area contributed by atoms with Gasteiger partial charge in [0, 0.05) is 12.1 Å². The summed E-state index contributed by atoms with van der Waals surface area (Å²) in [6.07, 6.45) is 7.42. The van der Waals surface area contributed by atoms with Crippen LogP contribution in [0.15, 0.2) is 29.8 Å². The summed E-state index contributed by atoms with van der Waals surface area (Å²) in [6, 6.07) is 8.09. The Balaban J connectivity index is 1.87. The number of likely N-dealkylation sites (tertiary alicyclic amines) is 1. The number of aryl methyl sites for hydroxylation is 1. The molecule has 0 saturated carbocycles. The number of aromatic nitrogens is 1. The van der Waals surface area contributed by atoms with Crippen molar-refractivity contribution in [2.75, 3.05) is 6.54 Å². The predicted octanol–water partition coefficient (Wildman–Crippen LogP) is 3.41. The normalized spacial score (nSPS) is 17.7. The third-order valence-electron chi connectivity index (χ3n) is 3.92. The van der Waals surface area contributed by atoms with Gasteiger partial charge in [-0.1, -0.05) is 18.1 Å². The summed E-state index contributed by atoms with van der Waals surface area (Å²) in [7, 11) is 0. The van der Waals surface area contributed by atoms with Gasteiger partial charge in [-0.3, -0.25) is 4.79 Å². The van der Waals surface area contributed by atoms with Gasteiger partial charge in [-0.15, -0.1) is 17.8 Å². The molecule has 1 atom stereocenters. The molecule has 106 valence electrons. The summed E-state index contributed by atoms with van der Waals surface area (Å²) in [5.41, 5.74) is 4.57. The van der Waals surface area contributed by atoms with Gasteiger partial charge in [0.1, 0.15) is 4.88 Å². The Morgan fingerprint density at radius 1 is 1.43 bits per heavy atom. The summed E-state index contributed by atoms with van der Waals surface area (Å²) in [5, 5.41) is 0. The van der Waals surface area contributed by atoms with E-state index in [1.807, 2.05) is 36.1 Å². The molecule has 21 heavy (non-hydrogen) atoms. The molecule has 3 nitrogen and oxygen atoms in total. The number of hydrogen-bond donors (Lipinski definition) is 0. The summed E-state index contributed by atoms with van der Waals surface area (Å²) in [5.74, 6) is 2.72. The molecule has 1 aromatic carbocycles. The zero-order valence-corrected chi connectivity index (χ0v) is 12.7. The van der Waals surface area contributed by atoms with Gasteiger partial charge < -0.3 is 4.90 Å². The highest BCUT2D eigenvalue weighted by molar-refractivity contribution is 7.11. The SMILES string of the molecule is C#Cc1ccc(C2CCCN2C(=O)c2scnc2C)cc1. The largest absolute Gasteiger partial charge is 0.331 e. The molecule has 0 bridgehead atoms. The number of thiazole rings is 1. The first-order chi connectivity index (χ1) is 10.2. The first-order valence-electron chi connectivity index (χ1n) is 6.98. The number of rotatable bonds is 2. The van der Waals surface area contributed by atoms with E-state index < -0.39 is 0 Å². The molecule has 2 heterocycles.